The predicted octanol–water partition coefficient (Wildman–Crippen LogP) is 2.88. The van der Waals surface area contributed by atoms with Gasteiger partial charge in [-0.15, -0.1) is 11.8 Å². The highest BCUT2D eigenvalue weighted by Crippen LogP contribution is 2.20. The van der Waals surface area contributed by atoms with Crippen molar-refractivity contribution in [1.29, 1.82) is 0 Å². The van der Waals surface area contributed by atoms with Crippen LogP contribution in [-0.4, -0.2) is 24.2 Å². The van der Waals surface area contributed by atoms with Crippen LogP contribution < -0.4 is 10.6 Å². The molecule has 1 aromatic carbocycles. The van der Waals surface area contributed by atoms with Gasteiger partial charge in [-0.3, -0.25) is 4.79 Å². The fraction of sp³-hybridized carbons (Fsp3) is 0.500. The Labute approximate surface area is 113 Å². The standard InChI is InChI=1S/C14H20N2OS/c1-2-18-13-7-5-11(6-8-13)16-14(17)10-12-4-3-9-15-12/h5-8,12,15H,2-4,9-10H2,1H3,(H,16,17). The normalized spacial score (nSPS) is 18.8. The van der Waals surface area contributed by atoms with E-state index in [-0.39, 0.29) is 5.91 Å². The van der Waals surface area contributed by atoms with Crippen LogP contribution in [0, 0.1) is 0 Å². The lowest BCUT2D eigenvalue weighted by Gasteiger charge is -2.10. The van der Waals surface area contributed by atoms with Crippen molar-refractivity contribution in [2.24, 2.45) is 0 Å². The average Bonchev–Trinajstić information content (AvgIpc) is 2.84. The second kappa shape index (κ2) is 6.81. The second-order valence-electron chi connectivity index (χ2n) is 4.50. The number of thioether (sulfide) groups is 1. The number of amides is 1. The van der Waals surface area contributed by atoms with E-state index in [0.29, 0.717) is 12.5 Å². The molecule has 1 amide bonds. The lowest BCUT2D eigenvalue weighted by Crippen LogP contribution is -2.27. The van der Waals surface area contributed by atoms with E-state index >= 15 is 0 Å². The monoisotopic (exact) mass is 264 g/mol. The summed E-state index contributed by atoms with van der Waals surface area (Å²) in [6.07, 6.45) is 2.87. The number of benzene rings is 1. The van der Waals surface area contributed by atoms with Crippen LogP contribution in [0.5, 0.6) is 0 Å². The third-order valence-corrected chi connectivity index (χ3v) is 3.94. The Morgan fingerprint density at radius 2 is 2.22 bits per heavy atom. The summed E-state index contributed by atoms with van der Waals surface area (Å²) < 4.78 is 0. The summed E-state index contributed by atoms with van der Waals surface area (Å²) >= 11 is 1.81. The molecule has 1 unspecified atom stereocenters. The zero-order chi connectivity index (χ0) is 12.8. The Morgan fingerprint density at radius 3 is 2.83 bits per heavy atom. The van der Waals surface area contributed by atoms with Crippen molar-refractivity contribution >= 4 is 23.4 Å². The number of nitrogens with one attached hydrogen (secondary N) is 2. The molecule has 1 aromatic rings. The van der Waals surface area contributed by atoms with Gasteiger partial charge in [-0.2, -0.15) is 0 Å². The Morgan fingerprint density at radius 1 is 1.44 bits per heavy atom. The third kappa shape index (κ3) is 4.03. The van der Waals surface area contributed by atoms with Crippen molar-refractivity contribution < 1.29 is 4.79 Å². The van der Waals surface area contributed by atoms with E-state index in [4.69, 9.17) is 0 Å². The van der Waals surface area contributed by atoms with Gasteiger partial charge in [-0.25, -0.2) is 0 Å². The minimum absolute atomic E-state index is 0.102. The van der Waals surface area contributed by atoms with Crippen LogP contribution in [-0.2, 0) is 4.79 Å². The summed E-state index contributed by atoms with van der Waals surface area (Å²) in [5.74, 6) is 1.17. The van der Waals surface area contributed by atoms with Crippen molar-refractivity contribution in [2.45, 2.75) is 37.1 Å². The topological polar surface area (TPSA) is 41.1 Å². The van der Waals surface area contributed by atoms with Crippen molar-refractivity contribution in [2.75, 3.05) is 17.6 Å². The molecule has 18 heavy (non-hydrogen) atoms. The number of rotatable bonds is 5. The zero-order valence-electron chi connectivity index (χ0n) is 10.7. The molecule has 0 spiro atoms. The van der Waals surface area contributed by atoms with Gasteiger partial charge in [0.2, 0.25) is 5.91 Å². The number of hydrogen-bond donors (Lipinski definition) is 2. The SMILES string of the molecule is CCSc1ccc(NC(=O)CC2CCCN2)cc1. The second-order valence-corrected chi connectivity index (χ2v) is 5.84. The minimum atomic E-state index is 0.102. The van der Waals surface area contributed by atoms with Crippen LogP contribution in [0.25, 0.3) is 0 Å². The molecule has 98 valence electrons. The maximum Gasteiger partial charge on any atom is 0.225 e. The van der Waals surface area contributed by atoms with Gasteiger partial charge < -0.3 is 10.6 Å². The molecule has 0 aliphatic carbocycles. The molecule has 1 saturated heterocycles. The number of anilines is 1. The molecule has 2 rings (SSSR count). The van der Waals surface area contributed by atoms with Gasteiger partial charge >= 0.3 is 0 Å². The van der Waals surface area contributed by atoms with Gasteiger partial charge in [0.05, 0.1) is 0 Å². The molecule has 1 atom stereocenters. The van der Waals surface area contributed by atoms with Gasteiger partial charge in [0, 0.05) is 23.0 Å². The molecular weight excluding hydrogens is 244 g/mol. The Balaban J connectivity index is 1.82. The molecule has 1 fully saturated rings. The molecule has 3 nitrogen and oxygen atoms in total. The number of hydrogen-bond acceptors (Lipinski definition) is 3. The molecule has 1 heterocycles. The van der Waals surface area contributed by atoms with Crippen molar-refractivity contribution in [3.8, 4) is 0 Å². The van der Waals surface area contributed by atoms with Crippen molar-refractivity contribution in [3.63, 3.8) is 0 Å². The molecule has 2 N–H and O–H groups in total. The molecule has 0 radical (unpaired) electrons. The summed E-state index contributed by atoms with van der Waals surface area (Å²) in [5.41, 5.74) is 0.887. The first kappa shape index (κ1) is 13.4. The van der Waals surface area contributed by atoms with Gasteiger partial charge in [-0.05, 0) is 49.4 Å². The lowest BCUT2D eigenvalue weighted by atomic mass is 10.1. The highest BCUT2D eigenvalue weighted by atomic mass is 32.2. The largest absolute Gasteiger partial charge is 0.326 e. The zero-order valence-corrected chi connectivity index (χ0v) is 11.6. The van der Waals surface area contributed by atoms with Crippen LogP contribution in [0.4, 0.5) is 5.69 Å². The van der Waals surface area contributed by atoms with Gasteiger partial charge in [0.15, 0.2) is 0 Å². The summed E-state index contributed by atoms with van der Waals surface area (Å²) in [7, 11) is 0. The van der Waals surface area contributed by atoms with Crippen molar-refractivity contribution in [1.82, 2.24) is 5.32 Å². The molecule has 1 aliphatic heterocycles. The first-order valence-corrected chi connectivity index (χ1v) is 7.52. The molecule has 1 aliphatic rings. The molecule has 4 heteroatoms. The van der Waals surface area contributed by atoms with Gasteiger partial charge in [-0.1, -0.05) is 6.92 Å². The fourth-order valence-electron chi connectivity index (χ4n) is 2.17. The van der Waals surface area contributed by atoms with Crippen LogP contribution in [0.15, 0.2) is 29.2 Å². The number of carbonyl (C=O) groups excluding carboxylic acids is 1. The quantitative estimate of drug-likeness (QED) is 0.804. The first-order chi connectivity index (χ1) is 8.78. The van der Waals surface area contributed by atoms with E-state index in [1.807, 2.05) is 12.1 Å². The van der Waals surface area contributed by atoms with Gasteiger partial charge in [0.1, 0.15) is 0 Å². The van der Waals surface area contributed by atoms with Crippen LogP contribution in [0.2, 0.25) is 0 Å². The van der Waals surface area contributed by atoms with E-state index in [1.54, 1.807) is 11.8 Å². The van der Waals surface area contributed by atoms with Crippen molar-refractivity contribution in [3.05, 3.63) is 24.3 Å². The Hall–Kier alpha value is -1.00. The summed E-state index contributed by atoms with van der Waals surface area (Å²) in [6.45, 7) is 3.18. The van der Waals surface area contributed by atoms with Crippen LogP contribution in [0.3, 0.4) is 0 Å². The smallest absolute Gasteiger partial charge is 0.225 e. The Bertz CT molecular complexity index is 385. The van der Waals surface area contributed by atoms with Crippen LogP contribution >= 0.6 is 11.8 Å². The Kier molecular flexibility index (Phi) is 5.08. The van der Waals surface area contributed by atoms with E-state index in [2.05, 4.69) is 29.7 Å². The first-order valence-electron chi connectivity index (χ1n) is 6.54. The molecule has 0 aromatic heterocycles. The summed E-state index contributed by atoms with van der Waals surface area (Å²) in [4.78, 5) is 13.1. The molecule has 0 saturated carbocycles. The van der Waals surface area contributed by atoms with E-state index in [9.17, 15) is 4.79 Å². The highest BCUT2D eigenvalue weighted by Gasteiger charge is 2.17. The maximum absolute atomic E-state index is 11.8. The summed E-state index contributed by atoms with van der Waals surface area (Å²) in [6, 6.07) is 8.41. The lowest BCUT2D eigenvalue weighted by molar-refractivity contribution is -0.116. The van der Waals surface area contributed by atoms with E-state index in [1.165, 1.54) is 11.3 Å². The predicted molar refractivity (Wildman–Crippen MR) is 77.1 cm³/mol. The molecule has 0 bridgehead atoms. The van der Waals surface area contributed by atoms with E-state index in [0.717, 1.165) is 24.4 Å². The fourth-order valence-corrected chi connectivity index (χ4v) is 2.83. The van der Waals surface area contributed by atoms with Crippen LogP contribution in [0.1, 0.15) is 26.2 Å². The summed E-state index contributed by atoms with van der Waals surface area (Å²) in [5, 5.41) is 6.28. The third-order valence-electron chi connectivity index (χ3n) is 3.04. The number of carbonyl (C=O) groups is 1. The highest BCUT2D eigenvalue weighted by molar-refractivity contribution is 7.99. The van der Waals surface area contributed by atoms with Gasteiger partial charge in [0.25, 0.3) is 0 Å². The minimum Gasteiger partial charge on any atom is -0.326 e. The van der Waals surface area contributed by atoms with E-state index < -0.39 is 0 Å². The molecular formula is C14H20N2OS. The average molecular weight is 264 g/mol. The maximum atomic E-state index is 11.8.